The molecule has 120 valence electrons. The van der Waals surface area contributed by atoms with Crippen molar-refractivity contribution in [2.75, 3.05) is 0 Å². The largest absolute Gasteiger partial charge is 0.288 e. The number of carbonyl (C=O) groups excluding carboxylic acids is 1. The maximum absolute atomic E-state index is 13.0. The Bertz CT molecular complexity index is 984. The lowest BCUT2D eigenvalue weighted by molar-refractivity contribution is -0.109. The Morgan fingerprint density at radius 2 is 0.840 bits per heavy atom. The van der Waals surface area contributed by atoms with E-state index in [-0.39, 0.29) is 10.8 Å². The molecule has 3 aromatic carbocycles. The minimum Gasteiger partial charge on any atom is -0.288 e. The fourth-order valence-corrected chi connectivity index (χ4v) is 3.52. The standard InChI is InChI=1S/C23H15ClO/c24-22-20(17-12-6-2-7-13-17)19(16-10-4-1-5-11-16)21(23(22)25)18-14-8-3-9-15-18/h1-15H. The van der Waals surface area contributed by atoms with Crippen LogP contribution in [0.4, 0.5) is 0 Å². The molecule has 1 aliphatic rings. The average Bonchev–Trinajstić information content (AvgIpc) is 2.95. The third-order valence-electron chi connectivity index (χ3n) is 4.33. The van der Waals surface area contributed by atoms with E-state index in [1.807, 2.05) is 91.0 Å². The van der Waals surface area contributed by atoms with E-state index in [1.165, 1.54) is 0 Å². The van der Waals surface area contributed by atoms with Gasteiger partial charge in [-0.05, 0) is 16.7 Å². The highest BCUT2D eigenvalue weighted by Gasteiger charge is 2.33. The Balaban J connectivity index is 2.03. The summed E-state index contributed by atoms with van der Waals surface area (Å²) in [5, 5.41) is 0.281. The Labute approximate surface area is 151 Å². The molecular formula is C23H15ClO. The average molecular weight is 343 g/mol. The van der Waals surface area contributed by atoms with Crippen LogP contribution in [-0.2, 0) is 4.79 Å². The summed E-state index contributed by atoms with van der Waals surface area (Å²) in [6.07, 6.45) is 0. The second-order valence-corrected chi connectivity index (χ2v) is 6.24. The highest BCUT2D eigenvalue weighted by molar-refractivity contribution is 6.62. The summed E-state index contributed by atoms with van der Waals surface area (Å²) < 4.78 is 0. The molecule has 0 spiro atoms. The molecule has 0 amide bonds. The molecule has 0 saturated carbocycles. The Morgan fingerprint density at radius 3 is 1.28 bits per heavy atom. The Hall–Kier alpha value is -2.90. The van der Waals surface area contributed by atoms with E-state index in [4.69, 9.17) is 11.6 Å². The van der Waals surface area contributed by atoms with Crippen molar-refractivity contribution in [2.24, 2.45) is 0 Å². The van der Waals surface area contributed by atoms with Gasteiger partial charge in [0.25, 0.3) is 0 Å². The molecule has 25 heavy (non-hydrogen) atoms. The summed E-state index contributed by atoms with van der Waals surface area (Å²) in [5.74, 6) is -0.120. The van der Waals surface area contributed by atoms with Gasteiger partial charge >= 0.3 is 0 Å². The highest BCUT2D eigenvalue weighted by atomic mass is 35.5. The first-order chi connectivity index (χ1) is 12.3. The predicted molar refractivity (Wildman–Crippen MR) is 104 cm³/mol. The van der Waals surface area contributed by atoms with Gasteiger partial charge in [-0.1, -0.05) is 103 Å². The van der Waals surface area contributed by atoms with Crippen LogP contribution in [0.2, 0.25) is 0 Å². The zero-order valence-electron chi connectivity index (χ0n) is 13.4. The van der Waals surface area contributed by atoms with E-state index < -0.39 is 0 Å². The molecule has 0 bridgehead atoms. The maximum Gasteiger partial charge on any atom is 0.206 e. The number of ketones is 1. The van der Waals surface area contributed by atoms with Crippen LogP contribution < -0.4 is 0 Å². The lowest BCUT2D eigenvalue weighted by Gasteiger charge is -2.12. The van der Waals surface area contributed by atoms with Crippen LogP contribution in [-0.4, -0.2) is 5.78 Å². The van der Waals surface area contributed by atoms with Gasteiger partial charge in [0.1, 0.15) is 0 Å². The Morgan fingerprint density at radius 1 is 0.480 bits per heavy atom. The van der Waals surface area contributed by atoms with Crippen LogP contribution >= 0.6 is 11.6 Å². The van der Waals surface area contributed by atoms with Crippen molar-refractivity contribution in [3.05, 3.63) is 113 Å². The number of rotatable bonds is 3. The minimum atomic E-state index is -0.120. The summed E-state index contributed by atoms with van der Waals surface area (Å²) in [4.78, 5) is 13.0. The summed E-state index contributed by atoms with van der Waals surface area (Å²) in [5.41, 5.74) is 5.19. The maximum atomic E-state index is 13.0. The van der Waals surface area contributed by atoms with E-state index in [0.29, 0.717) is 5.57 Å². The molecule has 0 atom stereocenters. The van der Waals surface area contributed by atoms with Crippen LogP contribution in [0.3, 0.4) is 0 Å². The van der Waals surface area contributed by atoms with E-state index >= 15 is 0 Å². The quantitative estimate of drug-likeness (QED) is 0.585. The number of halogens is 1. The monoisotopic (exact) mass is 342 g/mol. The molecule has 3 aromatic rings. The summed E-state index contributed by atoms with van der Waals surface area (Å²) in [6.45, 7) is 0. The van der Waals surface area contributed by atoms with Gasteiger partial charge in [0, 0.05) is 16.7 Å². The van der Waals surface area contributed by atoms with Crippen LogP contribution in [0.25, 0.3) is 16.7 Å². The second-order valence-electron chi connectivity index (χ2n) is 5.87. The summed E-state index contributed by atoms with van der Waals surface area (Å²) in [6, 6.07) is 29.5. The van der Waals surface area contributed by atoms with Gasteiger partial charge in [-0.3, -0.25) is 4.79 Å². The molecule has 4 rings (SSSR count). The fourth-order valence-electron chi connectivity index (χ4n) is 3.22. The van der Waals surface area contributed by atoms with Gasteiger partial charge in [0.2, 0.25) is 5.78 Å². The molecule has 0 unspecified atom stereocenters. The first-order valence-corrected chi connectivity index (χ1v) is 8.50. The van der Waals surface area contributed by atoms with Gasteiger partial charge in [0.05, 0.1) is 5.03 Å². The second kappa shape index (κ2) is 6.54. The minimum absolute atomic E-state index is 0.120. The zero-order valence-corrected chi connectivity index (χ0v) is 14.2. The van der Waals surface area contributed by atoms with Crippen molar-refractivity contribution >= 4 is 34.1 Å². The molecule has 0 fully saturated rings. The lowest BCUT2D eigenvalue weighted by Crippen LogP contribution is -1.98. The van der Waals surface area contributed by atoms with Gasteiger partial charge < -0.3 is 0 Å². The first kappa shape index (κ1) is 15.6. The molecule has 0 aliphatic heterocycles. The normalized spacial score (nSPS) is 14.4. The molecule has 0 aromatic heterocycles. The van der Waals surface area contributed by atoms with Gasteiger partial charge in [-0.15, -0.1) is 0 Å². The molecule has 0 N–H and O–H groups in total. The third kappa shape index (κ3) is 2.73. The topological polar surface area (TPSA) is 17.1 Å². The molecule has 0 saturated heterocycles. The molecule has 1 nitrogen and oxygen atoms in total. The lowest BCUT2D eigenvalue weighted by atomic mass is 9.90. The smallest absolute Gasteiger partial charge is 0.206 e. The van der Waals surface area contributed by atoms with Crippen molar-refractivity contribution in [1.29, 1.82) is 0 Å². The van der Waals surface area contributed by atoms with Gasteiger partial charge in [0.15, 0.2) is 0 Å². The van der Waals surface area contributed by atoms with Crippen molar-refractivity contribution in [3.8, 4) is 0 Å². The van der Waals surface area contributed by atoms with Crippen LogP contribution in [0.5, 0.6) is 0 Å². The summed E-state index contributed by atoms with van der Waals surface area (Å²) in [7, 11) is 0. The SMILES string of the molecule is O=C1C(Cl)=C(c2ccccc2)C(c2ccccc2)=C1c1ccccc1. The third-order valence-corrected chi connectivity index (χ3v) is 4.69. The number of Topliss-reactive ketones (excluding diaryl/α,β-unsaturated/α-hetero) is 1. The van der Waals surface area contributed by atoms with Crippen molar-refractivity contribution in [1.82, 2.24) is 0 Å². The Kier molecular flexibility index (Phi) is 4.09. The molecule has 1 aliphatic carbocycles. The van der Waals surface area contributed by atoms with Gasteiger partial charge in [-0.25, -0.2) is 0 Å². The van der Waals surface area contributed by atoms with Crippen LogP contribution in [0.1, 0.15) is 16.7 Å². The van der Waals surface area contributed by atoms with E-state index in [0.717, 1.165) is 27.8 Å². The van der Waals surface area contributed by atoms with E-state index in [2.05, 4.69) is 0 Å². The molecule has 0 radical (unpaired) electrons. The predicted octanol–water partition coefficient (Wildman–Crippen LogP) is 5.83. The fraction of sp³-hybridized carbons (Fsp3) is 0. The number of allylic oxidation sites excluding steroid dienone is 4. The summed E-state index contributed by atoms with van der Waals surface area (Å²) >= 11 is 6.54. The van der Waals surface area contributed by atoms with Crippen LogP contribution in [0.15, 0.2) is 96.0 Å². The molecule has 0 heterocycles. The number of hydrogen-bond acceptors (Lipinski definition) is 1. The number of carbonyl (C=O) groups is 1. The van der Waals surface area contributed by atoms with E-state index in [9.17, 15) is 4.79 Å². The van der Waals surface area contributed by atoms with Crippen molar-refractivity contribution < 1.29 is 4.79 Å². The highest BCUT2D eigenvalue weighted by Crippen LogP contribution is 2.47. The van der Waals surface area contributed by atoms with Crippen molar-refractivity contribution in [3.63, 3.8) is 0 Å². The first-order valence-electron chi connectivity index (χ1n) is 8.13. The number of benzene rings is 3. The zero-order chi connectivity index (χ0) is 17.2. The van der Waals surface area contributed by atoms with Gasteiger partial charge in [-0.2, -0.15) is 0 Å². The molecular weight excluding hydrogens is 328 g/mol. The van der Waals surface area contributed by atoms with Crippen molar-refractivity contribution in [2.45, 2.75) is 0 Å². The molecule has 2 heteroatoms. The van der Waals surface area contributed by atoms with E-state index in [1.54, 1.807) is 0 Å². The van der Waals surface area contributed by atoms with Crippen LogP contribution in [0, 0.1) is 0 Å². The number of hydrogen-bond donors (Lipinski definition) is 0.